The number of nitrogens with one attached hydrogen (secondary N) is 1. The number of terminal acetylenes is 1. The molecule has 1 N–H and O–H groups in total. The molecule has 1 heterocycles. The number of aromatic nitrogens is 3. The molecule has 0 aliphatic heterocycles. The maximum absolute atomic E-state index is 10.9. The van der Waals surface area contributed by atoms with Gasteiger partial charge >= 0.3 is 0 Å². The van der Waals surface area contributed by atoms with Crippen LogP contribution in [0.1, 0.15) is 11.5 Å². The molecular formula is C7H7N3O. The molecule has 11 heavy (non-hydrogen) atoms. The molecule has 0 bridgehead atoms. The van der Waals surface area contributed by atoms with Crippen molar-refractivity contribution in [2.24, 2.45) is 0 Å². The van der Waals surface area contributed by atoms with Crippen molar-refractivity contribution in [3.63, 3.8) is 0 Å². The van der Waals surface area contributed by atoms with Gasteiger partial charge in [-0.25, -0.2) is 0 Å². The largest absolute Gasteiger partial charge is 0.307 e. The first-order valence-corrected chi connectivity index (χ1v) is 3.10. The molecule has 0 saturated carbocycles. The number of aromatic amines is 1. The van der Waals surface area contributed by atoms with Crippen LogP contribution < -0.4 is 5.56 Å². The Kier molecular flexibility index (Phi) is 2.02. The van der Waals surface area contributed by atoms with Crippen LogP contribution in [0.3, 0.4) is 0 Å². The third-order valence-electron chi connectivity index (χ3n) is 1.18. The minimum absolute atomic E-state index is 0.231. The average Bonchev–Trinajstić information content (AvgIpc) is 1.98. The highest BCUT2D eigenvalue weighted by Gasteiger charge is 1.96. The van der Waals surface area contributed by atoms with E-state index in [-0.39, 0.29) is 5.56 Å². The van der Waals surface area contributed by atoms with E-state index in [4.69, 9.17) is 6.42 Å². The fourth-order valence-corrected chi connectivity index (χ4v) is 0.603. The van der Waals surface area contributed by atoms with Gasteiger partial charge in [0.2, 0.25) is 0 Å². The van der Waals surface area contributed by atoms with Crippen molar-refractivity contribution >= 4 is 0 Å². The maximum atomic E-state index is 10.9. The number of aryl methyl sites for hydroxylation is 1. The van der Waals surface area contributed by atoms with Crippen molar-refractivity contribution in [1.29, 1.82) is 0 Å². The van der Waals surface area contributed by atoms with E-state index in [1.54, 1.807) is 6.92 Å². The van der Waals surface area contributed by atoms with Gasteiger partial charge in [0.15, 0.2) is 0 Å². The number of hydrogen-bond donors (Lipinski definition) is 1. The monoisotopic (exact) mass is 149 g/mol. The Labute approximate surface area is 63.7 Å². The molecule has 1 rings (SSSR count). The standard InChI is InChI=1S/C7H7N3O/c1-3-4-6-8-7(11)5(2)9-10-6/h1H,4H2,2H3,(H,8,10,11). The third-order valence-corrected chi connectivity index (χ3v) is 1.18. The molecule has 0 atom stereocenters. The van der Waals surface area contributed by atoms with Gasteiger partial charge < -0.3 is 4.98 Å². The number of rotatable bonds is 1. The van der Waals surface area contributed by atoms with Gasteiger partial charge in [-0.1, -0.05) is 5.92 Å². The Bertz CT molecular complexity index is 347. The summed E-state index contributed by atoms with van der Waals surface area (Å²) in [5.74, 6) is 2.79. The van der Waals surface area contributed by atoms with Crippen LogP contribution >= 0.6 is 0 Å². The van der Waals surface area contributed by atoms with E-state index in [0.29, 0.717) is 17.9 Å². The van der Waals surface area contributed by atoms with Gasteiger partial charge in [-0.15, -0.1) is 16.6 Å². The SMILES string of the molecule is C#CCc1nnc(C)c(=O)[nH]1. The summed E-state index contributed by atoms with van der Waals surface area (Å²) >= 11 is 0. The second kappa shape index (κ2) is 2.97. The molecule has 56 valence electrons. The third kappa shape index (κ3) is 1.64. The summed E-state index contributed by atoms with van der Waals surface area (Å²) in [6.45, 7) is 1.59. The maximum Gasteiger partial charge on any atom is 0.272 e. The molecule has 0 amide bonds. The summed E-state index contributed by atoms with van der Waals surface area (Å²) in [5, 5.41) is 7.29. The molecule has 0 unspecified atom stereocenters. The molecule has 4 nitrogen and oxygen atoms in total. The summed E-state index contributed by atoms with van der Waals surface area (Å²) in [4.78, 5) is 13.4. The molecule has 0 spiro atoms. The predicted molar refractivity (Wildman–Crippen MR) is 39.9 cm³/mol. The normalized spacial score (nSPS) is 9.09. The van der Waals surface area contributed by atoms with E-state index in [1.165, 1.54) is 0 Å². The number of nitrogens with zero attached hydrogens (tertiary/aromatic N) is 2. The first-order chi connectivity index (χ1) is 5.24. The fraction of sp³-hybridized carbons (Fsp3) is 0.286. The number of H-pyrrole nitrogens is 1. The van der Waals surface area contributed by atoms with Gasteiger partial charge in [0.05, 0.1) is 6.42 Å². The van der Waals surface area contributed by atoms with Gasteiger partial charge in [-0.05, 0) is 6.92 Å². The van der Waals surface area contributed by atoms with E-state index in [2.05, 4.69) is 21.1 Å². The molecule has 1 aromatic rings. The topological polar surface area (TPSA) is 58.6 Å². The molecule has 0 aromatic carbocycles. The van der Waals surface area contributed by atoms with Crippen LogP contribution in [0, 0.1) is 19.3 Å². The van der Waals surface area contributed by atoms with Crippen LogP contribution in [-0.2, 0) is 6.42 Å². The second-order valence-electron chi connectivity index (χ2n) is 2.07. The Hall–Kier alpha value is -1.63. The van der Waals surface area contributed by atoms with Gasteiger partial charge in [0.25, 0.3) is 5.56 Å². The lowest BCUT2D eigenvalue weighted by Gasteiger charge is -1.92. The highest BCUT2D eigenvalue weighted by Crippen LogP contribution is 1.83. The fourth-order valence-electron chi connectivity index (χ4n) is 0.603. The summed E-state index contributed by atoms with van der Waals surface area (Å²) in [6, 6.07) is 0. The van der Waals surface area contributed by atoms with Crippen LogP contribution in [0.5, 0.6) is 0 Å². The second-order valence-corrected chi connectivity index (χ2v) is 2.07. The van der Waals surface area contributed by atoms with Crippen molar-refractivity contribution in [3.05, 3.63) is 21.9 Å². The minimum Gasteiger partial charge on any atom is -0.307 e. The van der Waals surface area contributed by atoms with Crippen LogP contribution in [0.25, 0.3) is 0 Å². The lowest BCUT2D eigenvalue weighted by Crippen LogP contribution is -2.16. The van der Waals surface area contributed by atoms with Crippen LogP contribution in [-0.4, -0.2) is 15.2 Å². The molecule has 1 aromatic heterocycles. The molecule has 4 heteroatoms. The lowest BCUT2D eigenvalue weighted by molar-refractivity contribution is 0.831. The van der Waals surface area contributed by atoms with Crippen molar-refractivity contribution in [2.75, 3.05) is 0 Å². The minimum atomic E-state index is -0.231. The van der Waals surface area contributed by atoms with Crippen LogP contribution in [0.4, 0.5) is 0 Å². The van der Waals surface area contributed by atoms with Crippen molar-refractivity contribution in [2.45, 2.75) is 13.3 Å². The smallest absolute Gasteiger partial charge is 0.272 e. The summed E-state index contributed by atoms with van der Waals surface area (Å²) < 4.78 is 0. The lowest BCUT2D eigenvalue weighted by atomic mass is 10.4. The van der Waals surface area contributed by atoms with Crippen molar-refractivity contribution < 1.29 is 0 Å². The van der Waals surface area contributed by atoms with E-state index in [0.717, 1.165) is 0 Å². The Morgan fingerprint density at radius 1 is 1.64 bits per heavy atom. The number of hydrogen-bond acceptors (Lipinski definition) is 3. The van der Waals surface area contributed by atoms with E-state index >= 15 is 0 Å². The highest BCUT2D eigenvalue weighted by molar-refractivity contribution is 5.00. The summed E-state index contributed by atoms with van der Waals surface area (Å²) in [6.07, 6.45) is 5.32. The zero-order valence-electron chi connectivity index (χ0n) is 6.09. The molecule has 0 saturated heterocycles. The van der Waals surface area contributed by atoms with Gasteiger partial charge in [0, 0.05) is 0 Å². The first kappa shape index (κ1) is 7.48. The molecule has 0 aliphatic carbocycles. The Balaban J connectivity index is 3.08. The van der Waals surface area contributed by atoms with E-state index in [9.17, 15) is 4.79 Å². The van der Waals surface area contributed by atoms with Crippen LogP contribution in [0.2, 0.25) is 0 Å². The molecule has 0 fully saturated rings. The Morgan fingerprint density at radius 2 is 2.36 bits per heavy atom. The summed E-state index contributed by atoms with van der Waals surface area (Å²) in [5.41, 5.74) is 0.121. The molecule has 0 radical (unpaired) electrons. The van der Waals surface area contributed by atoms with Gasteiger partial charge in [-0.2, -0.15) is 0 Å². The zero-order valence-corrected chi connectivity index (χ0v) is 6.09. The van der Waals surface area contributed by atoms with Crippen molar-refractivity contribution in [3.8, 4) is 12.3 Å². The first-order valence-electron chi connectivity index (χ1n) is 3.10. The van der Waals surface area contributed by atoms with Gasteiger partial charge in [0.1, 0.15) is 11.5 Å². The predicted octanol–water partition coefficient (Wildman–Crippen LogP) is -0.351. The van der Waals surface area contributed by atoms with Crippen molar-refractivity contribution in [1.82, 2.24) is 15.2 Å². The quantitative estimate of drug-likeness (QED) is 0.555. The van der Waals surface area contributed by atoms with E-state index < -0.39 is 0 Å². The highest BCUT2D eigenvalue weighted by atomic mass is 16.1. The molecule has 0 aliphatic rings. The Morgan fingerprint density at radius 3 is 2.91 bits per heavy atom. The average molecular weight is 149 g/mol. The van der Waals surface area contributed by atoms with Crippen LogP contribution in [0.15, 0.2) is 4.79 Å². The molecular weight excluding hydrogens is 142 g/mol. The summed E-state index contributed by atoms with van der Waals surface area (Å²) in [7, 11) is 0. The van der Waals surface area contributed by atoms with E-state index in [1.807, 2.05) is 0 Å². The van der Waals surface area contributed by atoms with Gasteiger partial charge in [-0.3, -0.25) is 4.79 Å². The zero-order chi connectivity index (χ0) is 8.27.